The normalized spacial score (nSPS) is 14.7. The first-order valence-corrected chi connectivity index (χ1v) is 8.54. The van der Waals surface area contributed by atoms with Crippen molar-refractivity contribution in [2.75, 3.05) is 11.1 Å². The summed E-state index contributed by atoms with van der Waals surface area (Å²) in [6, 6.07) is 4.99. The molecule has 1 heterocycles. The van der Waals surface area contributed by atoms with Crippen LogP contribution >= 0.6 is 11.8 Å². The van der Waals surface area contributed by atoms with Crippen LogP contribution in [0.1, 0.15) is 36.0 Å². The number of amides is 1. The Kier molecular flexibility index (Phi) is 4.84. The van der Waals surface area contributed by atoms with Gasteiger partial charge in [0, 0.05) is 10.8 Å². The van der Waals surface area contributed by atoms with E-state index >= 15 is 0 Å². The Morgan fingerprint density at radius 2 is 1.96 bits per heavy atom. The zero-order valence-electron chi connectivity index (χ0n) is 12.8. The van der Waals surface area contributed by atoms with E-state index in [2.05, 4.69) is 15.3 Å². The number of nitrogens with one attached hydrogen (secondary N) is 2. The summed E-state index contributed by atoms with van der Waals surface area (Å²) in [5.41, 5.74) is 5.45. The molecule has 8 heteroatoms. The van der Waals surface area contributed by atoms with Crippen molar-refractivity contribution in [3.63, 3.8) is 0 Å². The molecule has 24 heavy (non-hydrogen) atoms. The fourth-order valence-corrected chi connectivity index (χ4v) is 3.78. The molecule has 0 spiro atoms. The summed E-state index contributed by atoms with van der Waals surface area (Å²) in [4.78, 5) is 31.1. The van der Waals surface area contributed by atoms with E-state index in [9.17, 15) is 14.0 Å². The number of thioether (sulfide) groups is 1. The molecule has 0 unspecified atom stereocenters. The molecule has 1 amide bonds. The van der Waals surface area contributed by atoms with Crippen molar-refractivity contribution in [3.8, 4) is 0 Å². The molecule has 0 bridgehead atoms. The summed E-state index contributed by atoms with van der Waals surface area (Å²) < 4.78 is 12.9. The molecule has 1 saturated carbocycles. The first-order chi connectivity index (χ1) is 11.5. The molecular weight excluding hydrogens is 331 g/mol. The van der Waals surface area contributed by atoms with Crippen LogP contribution in [0.4, 0.5) is 15.9 Å². The van der Waals surface area contributed by atoms with Gasteiger partial charge in [0.2, 0.25) is 0 Å². The molecule has 0 atom stereocenters. The molecule has 4 N–H and O–H groups in total. The Hall–Kier alpha value is -2.35. The van der Waals surface area contributed by atoms with Crippen LogP contribution in [-0.2, 0) is 0 Å². The van der Waals surface area contributed by atoms with Gasteiger partial charge in [-0.25, -0.2) is 9.37 Å². The molecule has 0 saturated heterocycles. The molecule has 1 aliphatic carbocycles. The molecule has 1 fully saturated rings. The van der Waals surface area contributed by atoms with Gasteiger partial charge < -0.3 is 11.1 Å². The fraction of sp³-hybridized carbons (Fsp3) is 0.312. The lowest BCUT2D eigenvalue weighted by Crippen LogP contribution is -2.23. The van der Waals surface area contributed by atoms with Crippen LogP contribution in [0.2, 0.25) is 0 Å². The Balaban J connectivity index is 1.76. The molecular formula is C16H17FN4O2S. The van der Waals surface area contributed by atoms with E-state index in [1.165, 1.54) is 48.9 Å². The van der Waals surface area contributed by atoms with Crippen molar-refractivity contribution in [2.45, 2.75) is 36.1 Å². The van der Waals surface area contributed by atoms with E-state index in [4.69, 9.17) is 5.73 Å². The number of benzene rings is 1. The Morgan fingerprint density at radius 3 is 2.58 bits per heavy atom. The summed E-state index contributed by atoms with van der Waals surface area (Å²) in [7, 11) is 0. The van der Waals surface area contributed by atoms with Crippen molar-refractivity contribution in [2.24, 2.45) is 0 Å². The Morgan fingerprint density at radius 1 is 1.29 bits per heavy atom. The van der Waals surface area contributed by atoms with Crippen molar-refractivity contribution in [1.82, 2.24) is 9.97 Å². The maximum absolute atomic E-state index is 12.9. The summed E-state index contributed by atoms with van der Waals surface area (Å²) >= 11 is 1.50. The largest absolute Gasteiger partial charge is 0.382 e. The lowest BCUT2D eigenvalue weighted by Gasteiger charge is -2.10. The number of aromatic nitrogens is 2. The summed E-state index contributed by atoms with van der Waals surface area (Å²) in [6.07, 6.45) is 4.56. The topological polar surface area (TPSA) is 101 Å². The Bertz CT molecular complexity index is 801. The monoisotopic (exact) mass is 348 g/mol. The van der Waals surface area contributed by atoms with E-state index in [0.29, 0.717) is 10.4 Å². The standard InChI is InChI=1S/C16H17FN4O2S/c17-10-7-5-9(6-8-10)14(22)19-12-13(18)20-16(21-15(12)23)24-11-3-1-2-4-11/h5-8,11H,1-4H2,(H,19,22)(H3,18,20,21,23). The van der Waals surface area contributed by atoms with Gasteiger partial charge in [-0.15, -0.1) is 0 Å². The van der Waals surface area contributed by atoms with Crippen molar-refractivity contribution < 1.29 is 9.18 Å². The van der Waals surface area contributed by atoms with Crippen LogP contribution in [0.3, 0.4) is 0 Å². The number of H-pyrrole nitrogens is 1. The van der Waals surface area contributed by atoms with Gasteiger partial charge in [0.15, 0.2) is 11.0 Å². The second kappa shape index (κ2) is 7.04. The third-order valence-electron chi connectivity index (χ3n) is 3.85. The van der Waals surface area contributed by atoms with E-state index in [1.807, 2.05) is 0 Å². The molecule has 0 aliphatic heterocycles. The first kappa shape index (κ1) is 16.5. The Labute approximate surface area is 142 Å². The maximum atomic E-state index is 12.9. The highest BCUT2D eigenvalue weighted by Gasteiger charge is 2.19. The number of hydrogen-bond donors (Lipinski definition) is 3. The van der Waals surface area contributed by atoms with Crippen molar-refractivity contribution in [3.05, 3.63) is 46.0 Å². The number of nitrogens with zero attached hydrogens (tertiary/aromatic N) is 1. The minimum atomic E-state index is -0.551. The predicted octanol–water partition coefficient (Wildman–Crippen LogP) is 2.78. The van der Waals surface area contributed by atoms with Gasteiger partial charge in [0.05, 0.1) is 0 Å². The van der Waals surface area contributed by atoms with Crippen LogP contribution in [-0.4, -0.2) is 21.1 Å². The van der Waals surface area contributed by atoms with E-state index in [1.54, 1.807) is 0 Å². The van der Waals surface area contributed by atoms with Gasteiger partial charge in [-0.3, -0.25) is 14.6 Å². The van der Waals surface area contributed by atoms with Gasteiger partial charge in [-0.05, 0) is 37.1 Å². The van der Waals surface area contributed by atoms with E-state index < -0.39 is 17.3 Å². The number of rotatable bonds is 4. The number of carbonyl (C=O) groups excluding carboxylic acids is 1. The van der Waals surface area contributed by atoms with Crippen LogP contribution in [0, 0.1) is 5.82 Å². The maximum Gasteiger partial charge on any atom is 0.277 e. The molecule has 0 radical (unpaired) electrons. The van der Waals surface area contributed by atoms with Crippen LogP contribution in [0.15, 0.2) is 34.2 Å². The highest BCUT2D eigenvalue weighted by Crippen LogP contribution is 2.33. The van der Waals surface area contributed by atoms with Gasteiger partial charge in [-0.1, -0.05) is 24.6 Å². The van der Waals surface area contributed by atoms with Crippen LogP contribution in [0.25, 0.3) is 0 Å². The van der Waals surface area contributed by atoms with Gasteiger partial charge in [0.1, 0.15) is 11.5 Å². The third kappa shape index (κ3) is 3.76. The minimum absolute atomic E-state index is 0.0327. The van der Waals surface area contributed by atoms with Crippen LogP contribution < -0.4 is 16.6 Å². The van der Waals surface area contributed by atoms with E-state index in [0.717, 1.165) is 12.8 Å². The van der Waals surface area contributed by atoms with E-state index in [-0.39, 0.29) is 17.1 Å². The first-order valence-electron chi connectivity index (χ1n) is 7.66. The lowest BCUT2D eigenvalue weighted by molar-refractivity contribution is 0.102. The second-order valence-corrected chi connectivity index (χ2v) is 6.91. The molecule has 3 rings (SSSR count). The summed E-state index contributed by atoms with van der Waals surface area (Å²) in [6.45, 7) is 0. The SMILES string of the molecule is Nc1nc(SC2CCCC2)[nH]c(=O)c1NC(=O)c1ccc(F)cc1. The molecule has 6 nitrogen and oxygen atoms in total. The quantitative estimate of drug-likeness (QED) is 0.738. The molecule has 126 valence electrons. The summed E-state index contributed by atoms with van der Waals surface area (Å²) in [5, 5.41) is 3.33. The number of hydrogen-bond acceptors (Lipinski definition) is 5. The second-order valence-electron chi connectivity index (χ2n) is 5.62. The zero-order chi connectivity index (χ0) is 17.1. The van der Waals surface area contributed by atoms with Gasteiger partial charge >= 0.3 is 0 Å². The smallest absolute Gasteiger partial charge is 0.277 e. The number of aromatic amines is 1. The zero-order valence-corrected chi connectivity index (χ0v) is 13.7. The van der Waals surface area contributed by atoms with Crippen molar-refractivity contribution >= 4 is 29.2 Å². The molecule has 2 aromatic rings. The number of anilines is 2. The van der Waals surface area contributed by atoms with Gasteiger partial charge in [0.25, 0.3) is 11.5 Å². The molecule has 1 aliphatic rings. The highest BCUT2D eigenvalue weighted by molar-refractivity contribution is 7.99. The number of nitrogen functional groups attached to an aromatic ring is 1. The predicted molar refractivity (Wildman–Crippen MR) is 91.7 cm³/mol. The lowest BCUT2D eigenvalue weighted by atomic mass is 10.2. The number of carbonyl (C=O) groups is 1. The average molecular weight is 348 g/mol. The average Bonchev–Trinajstić information content (AvgIpc) is 3.04. The fourth-order valence-electron chi connectivity index (χ4n) is 2.60. The minimum Gasteiger partial charge on any atom is -0.382 e. The molecule has 1 aromatic heterocycles. The third-order valence-corrected chi connectivity index (χ3v) is 5.07. The highest BCUT2D eigenvalue weighted by atomic mass is 32.2. The van der Waals surface area contributed by atoms with Crippen molar-refractivity contribution in [1.29, 1.82) is 0 Å². The summed E-state index contributed by atoms with van der Waals surface area (Å²) in [5.74, 6) is -1.03. The molecule has 1 aromatic carbocycles. The van der Waals surface area contributed by atoms with Crippen LogP contribution in [0.5, 0.6) is 0 Å². The number of nitrogens with two attached hydrogens (primary N) is 1. The number of halogens is 1. The van der Waals surface area contributed by atoms with Gasteiger partial charge in [-0.2, -0.15) is 0 Å².